The van der Waals surface area contributed by atoms with E-state index in [0.717, 1.165) is 22.4 Å². The molecule has 0 amide bonds. The average Bonchev–Trinajstić information content (AvgIpc) is 2.26. The molecule has 0 saturated carbocycles. The summed E-state index contributed by atoms with van der Waals surface area (Å²) in [6, 6.07) is 4.11. The lowest BCUT2D eigenvalue weighted by atomic mass is 9.78. The molecule has 0 aromatic heterocycles. The standard InChI is InChI=1S/C15H22O3/c1-10-7-11(2)14(12(8-10)17-5)15(3,4)9-13(16)18-6/h7-8H,9H2,1-6H3. The number of rotatable bonds is 4. The zero-order valence-electron chi connectivity index (χ0n) is 12.1. The minimum Gasteiger partial charge on any atom is -0.496 e. The Bertz CT molecular complexity index is 447. The maximum atomic E-state index is 11.5. The minimum absolute atomic E-state index is 0.206. The maximum absolute atomic E-state index is 11.5. The van der Waals surface area contributed by atoms with Crippen molar-refractivity contribution >= 4 is 5.97 Å². The first kappa shape index (κ1) is 14.6. The lowest BCUT2D eigenvalue weighted by Crippen LogP contribution is -2.24. The molecule has 0 fully saturated rings. The largest absolute Gasteiger partial charge is 0.496 e. The third-order valence-electron chi connectivity index (χ3n) is 3.15. The van der Waals surface area contributed by atoms with E-state index in [9.17, 15) is 4.79 Å². The molecule has 0 radical (unpaired) electrons. The number of carbonyl (C=O) groups is 1. The summed E-state index contributed by atoms with van der Waals surface area (Å²) in [5.74, 6) is 0.628. The molecule has 1 aromatic rings. The summed E-state index contributed by atoms with van der Waals surface area (Å²) in [7, 11) is 3.07. The molecule has 0 aliphatic rings. The van der Waals surface area contributed by atoms with Crippen molar-refractivity contribution in [3.63, 3.8) is 0 Å². The molecule has 0 N–H and O–H groups in total. The van der Waals surface area contributed by atoms with Gasteiger partial charge in [0.1, 0.15) is 5.75 Å². The summed E-state index contributed by atoms with van der Waals surface area (Å²) < 4.78 is 10.2. The van der Waals surface area contributed by atoms with Crippen molar-refractivity contribution in [1.82, 2.24) is 0 Å². The fraction of sp³-hybridized carbons (Fsp3) is 0.533. The Labute approximate surface area is 109 Å². The predicted octanol–water partition coefficient (Wildman–Crippen LogP) is 3.15. The monoisotopic (exact) mass is 250 g/mol. The maximum Gasteiger partial charge on any atom is 0.306 e. The van der Waals surface area contributed by atoms with Crippen molar-refractivity contribution in [2.45, 2.75) is 39.5 Å². The van der Waals surface area contributed by atoms with Crippen LogP contribution in [0.4, 0.5) is 0 Å². The fourth-order valence-corrected chi connectivity index (χ4v) is 2.48. The Hall–Kier alpha value is -1.51. The summed E-state index contributed by atoms with van der Waals surface area (Å²) in [6.45, 7) is 8.14. The van der Waals surface area contributed by atoms with Gasteiger partial charge in [0.2, 0.25) is 0 Å². The number of methoxy groups -OCH3 is 2. The smallest absolute Gasteiger partial charge is 0.306 e. The van der Waals surface area contributed by atoms with Gasteiger partial charge >= 0.3 is 5.97 Å². The molecule has 0 saturated heterocycles. The molecule has 0 aliphatic heterocycles. The molecule has 3 nitrogen and oxygen atoms in total. The Morgan fingerprint density at radius 1 is 1.22 bits per heavy atom. The van der Waals surface area contributed by atoms with Gasteiger partial charge in [-0.2, -0.15) is 0 Å². The van der Waals surface area contributed by atoms with Gasteiger partial charge in [0, 0.05) is 11.0 Å². The summed E-state index contributed by atoms with van der Waals surface area (Å²) in [4.78, 5) is 11.5. The minimum atomic E-state index is -0.309. The Kier molecular flexibility index (Phi) is 4.38. The Morgan fingerprint density at radius 3 is 2.33 bits per heavy atom. The second-order valence-electron chi connectivity index (χ2n) is 5.30. The Balaban J connectivity index is 3.26. The summed E-state index contributed by atoms with van der Waals surface area (Å²) in [5.41, 5.74) is 3.06. The molecule has 3 heteroatoms. The molecule has 100 valence electrons. The van der Waals surface area contributed by atoms with Gasteiger partial charge < -0.3 is 9.47 Å². The van der Waals surface area contributed by atoms with E-state index >= 15 is 0 Å². The first-order chi connectivity index (χ1) is 8.31. The Morgan fingerprint density at radius 2 is 1.83 bits per heavy atom. The quantitative estimate of drug-likeness (QED) is 0.770. The van der Waals surface area contributed by atoms with E-state index in [1.165, 1.54) is 7.11 Å². The third kappa shape index (κ3) is 3.03. The zero-order valence-corrected chi connectivity index (χ0v) is 12.1. The van der Waals surface area contributed by atoms with Crippen molar-refractivity contribution in [3.05, 3.63) is 28.8 Å². The van der Waals surface area contributed by atoms with Crippen LogP contribution in [0.15, 0.2) is 12.1 Å². The molecule has 0 aliphatic carbocycles. The molecule has 0 heterocycles. The van der Waals surface area contributed by atoms with Gasteiger partial charge in [-0.1, -0.05) is 19.9 Å². The van der Waals surface area contributed by atoms with Crippen LogP contribution in [0.1, 0.15) is 37.0 Å². The van der Waals surface area contributed by atoms with E-state index in [2.05, 4.69) is 6.07 Å². The van der Waals surface area contributed by atoms with Crippen LogP contribution in [0.25, 0.3) is 0 Å². The molecule has 0 bridgehead atoms. The molecule has 0 atom stereocenters. The highest BCUT2D eigenvalue weighted by Crippen LogP contribution is 2.37. The number of aryl methyl sites for hydroxylation is 2. The van der Waals surface area contributed by atoms with E-state index < -0.39 is 0 Å². The normalized spacial score (nSPS) is 11.2. The van der Waals surface area contributed by atoms with E-state index in [0.29, 0.717) is 6.42 Å². The highest BCUT2D eigenvalue weighted by Gasteiger charge is 2.29. The topological polar surface area (TPSA) is 35.5 Å². The SMILES string of the molecule is COC(=O)CC(C)(C)c1c(C)cc(C)cc1OC. The summed E-state index contributed by atoms with van der Waals surface area (Å²) in [6.07, 6.45) is 0.337. The van der Waals surface area contributed by atoms with Crippen LogP contribution < -0.4 is 4.74 Å². The lowest BCUT2D eigenvalue weighted by Gasteiger charge is -2.28. The van der Waals surface area contributed by atoms with Crippen LogP contribution in [0.2, 0.25) is 0 Å². The van der Waals surface area contributed by atoms with Crippen molar-refractivity contribution in [1.29, 1.82) is 0 Å². The van der Waals surface area contributed by atoms with E-state index in [1.54, 1.807) is 7.11 Å². The first-order valence-electron chi connectivity index (χ1n) is 6.04. The van der Waals surface area contributed by atoms with Crippen molar-refractivity contribution in [2.24, 2.45) is 0 Å². The average molecular weight is 250 g/mol. The van der Waals surface area contributed by atoms with Crippen LogP contribution in [0, 0.1) is 13.8 Å². The van der Waals surface area contributed by atoms with Crippen LogP contribution in [-0.2, 0) is 14.9 Å². The van der Waals surface area contributed by atoms with Gasteiger partial charge in [-0.05, 0) is 31.0 Å². The molecular formula is C15H22O3. The van der Waals surface area contributed by atoms with Crippen LogP contribution >= 0.6 is 0 Å². The highest BCUT2D eigenvalue weighted by atomic mass is 16.5. The number of benzene rings is 1. The van der Waals surface area contributed by atoms with Gasteiger partial charge in [0.15, 0.2) is 0 Å². The van der Waals surface area contributed by atoms with E-state index in [1.807, 2.05) is 33.8 Å². The molecule has 0 unspecified atom stereocenters. The van der Waals surface area contributed by atoms with Crippen molar-refractivity contribution in [2.75, 3.05) is 14.2 Å². The zero-order chi connectivity index (χ0) is 13.9. The van der Waals surface area contributed by atoms with Crippen LogP contribution in [-0.4, -0.2) is 20.2 Å². The summed E-state index contributed by atoms with van der Waals surface area (Å²) >= 11 is 0. The fourth-order valence-electron chi connectivity index (χ4n) is 2.48. The number of hydrogen-bond donors (Lipinski definition) is 0. The van der Waals surface area contributed by atoms with Crippen LogP contribution in [0.3, 0.4) is 0 Å². The molecule has 1 rings (SSSR count). The highest BCUT2D eigenvalue weighted by molar-refractivity contribution is 5.71. The third-order valence-corrected chi connectivity index (χ3v) is 3.15. The van der Waals surface area contributed by atoms with E-state index in [-0.39, 0.29) is 11.4 Å². The van der Waals surface area contributed by atoms with Crippen molar-refractivity contribution < 1.29 is 14.3 Å². The van der Waals surface area contributed by atoms with Crippen molar-refractivity contribution in [3.8, 4) is 5.75 Å². The van der Waals surface area contributed by atoms with E-state index in [4.69, 9.17) is 9.47 Å². The number of esters is 1. The van der Waals surface area contributed by atoms with Gasteiger partial charge in [0.05, 0.1) is 20.6 Å². The molecule has 0 spiro atoms. The number of hydrogen-bond acceptors (Lipinski definition) is 3. The van der Waals surface area contributed by atoms with Gasteiger partial charge in [-0.25, -0.2) is 0 Å². The second kappa shape index (κ2) is 5.42. The summed E-state index contributed by atoms with van der Waals surface area (Å²) in [5, 5.41) is 0. The number of carbonyl (C=O) groups excluding carboxylic acids is 1. The van der Waals surface area contributed by atoms with Gasteiger partial charge in [0.25, 0.3) is 0 Å². The van der Waals surface area contributed by atoms with Crippen LogP contribution in [0.5, 0.6) is 5.75 Å². The van der Waals surface area contributed by atoms with Gasteiger partial charge in [-0.15, -0.1) is 0 Å². The molecular weight excluding hydrogens is 228 g/mol. The first-order valence-corrected chi connectivity index (χ1v) is 6.04. The second-order valence-corrected chi connectivity index (χ2v) is 5.30. The molecule has 18 heavy (non-hydrogen) atoms. The lowest BCUT2D eigenvalue weighted by molar-refractivity contribution is -0.141. The number of ether oxygens (including phenoxy) is 2. The molecule has 1 aromatic carbocycles. The van der Waals surface area contributed by atoms with Gasteiger partial charge in [-0.3, -0.25) is 4.79 Å². The predicted molar refractivity (Wildman–Crippen MR) is 72.1 cm³/mol.